The van der Waals surface area contributed by atoms with Gasteiger partial charge in [0.05, 0.1) is 9.95 Å². The maximum absolute atomic E-state index is 13.8. The average molecular weight is 434 g/mol. The number of anilines is 1. The second kappa shape index (κ2) is 7.59. The molecule has 2 aromatic carbocycles. The van der Waals surface area contributed by atoms with Gasteiger partial charge in [-0.15, -0.1) is 0 Å². The Morgan fingerprint density at radius 1 is 1.07 bits per heavy atom. The van der Waals surface area contributed by atoms with Crippen molar-refractivity contribution in [3.63, 3.8) is 0 Å². The Balaban J connectivity index is 1.83. The molecule has 0 aliphatic carbocycles. The van der Waals surface area contributed by atoms with E-state index in [4.69, 9.17) is 23.2 Å². The molecule has 3 rings (SSSR count). The summed E-state index contributed by atoms with van der Waals surface area (Å²) in [4.78, 5) is 11.9. The summed E-state index contributed by atoms with van der Waals surface area (Å²) in [6, 6.07) is 8.02. The highest BCUT2D eigenvalue weighted by Gasteiger charge is 2.32. The van der Waals surface area contributed by atoms with E-state index in [-0.39, 0.29) is 46.8 Å². The van der Waals surface area contributed by atoms with E-state index in [9.17, 15) is 22.9 Å². The monoisotopic (exact) mass is 433 g/mol. The van der Waals surface area contributed by atoms with Crippen LogP contribution in [0.3, 0.4) is 0 Å². The van der Waals surface area contributed by atoms with Crippen LogP contribution in [-0.2, 0) is 10.0 Å². The van der Waals surface area contributed by atoms with Gasteiger partial charge in [-0.25, -0.2) is 8.42 Å². The highest BCUT2D eigenvalue weighted by Crippen LogP contribution is 2.33. The van der Waals surface area contributed by atoms with E-state index in [1.54, 1.807) is 4.90 Å². The Hall–Kier alpha value is -1.94. The molecule has 11 heteroatoms. The second-order valence-corrected chi connectivity index (χ2v) is 8.58. The molecule has 1 aliphatic heterocycles. The fourth-order valence-electron chi connectivity index (χ4n) is 2.92. The first kappa shape index (κ1) is 19.8. The van der Waals surface area contributed by atoms with Gasteiger partial charge >= 0.3 is 5.69 Å². The van der Waals surface area contributed by atoms with Crippen molar-refractivity contribution in [2.45, 2.75) is 4.90 Å². The quantitative estimate of drug-likeness (QED) is 0.543. The van der Waals surface area contributed by atoms with Gasteiger partial charge < -0.3 is 4.90 Å². The number of benzene rings is 2. The van der Waals surface area contributed by atoms with Crippen LogP contribution in [0.15, 0.2) is 41.3 Å². The molecule has 0 aromatic heterocycles. The molecule has 27 heavy (non-hydrogen) atoms. The van der Waals surface area contributed by atoms with Crippen LogP contribution < -0.4 is 4.90 Å². The van der Waals surface area contributed by atoms with E-state index in [0.717, 1.165) is 6.07 Å². The molecule has 0 bridgehead atoms. The van der Waals surface area contributed by atoms with Crippen molar-refractivity contribution in [3.8, 4) is 0 Å². The summed E-state index contributed by atoms with van der Waals surface area (Å²) in [7, 11) is -3.87. The highest BCUT2D eigenvalue weighted by atomic mass is 35.5. The van der Waals surface area contributed by atoms with Crippen molar-refractivity contribution in [3.05, 3.63) is 62.4 Å². The highest BCUT2D eigenvalue weighted by molar-refractivity contribution is 7.89. The van der Waals surface area contributed by atoms with Gasteiger partial charge in [-0.1, -0.05) is 29.3 Å². The maximum atomic E-state index is 13.8. The first-order valence-corrected chi connectivity index (χ1v) is 10.0. The van der Waals surface area contributed by atoms with Crippen LogP contribution in [-0.4, -0.2) is 43.8 Å². The van der Waals surface area contributed by atoms with Crippen molar-refractivity contribution in [2.24, 2.45) is 0 Å². The molecule has 0 radical (unpaired) electrons. The molecular formula is C16H14Cl2FN3O4S. The Morgan fingerprint density at radius 2 is 1.74 bits per heavy atom. The van der Waals surface area contributed by atoms with Crippen LogP contribution in [0.4, 0.5) is 15.8 Å². The van der Waals surface area contributed by atoms with Crippen molar-refractivity contribution in [1.82, 2.24) is 4.31 Å². The number of piperazine rings is 1. The summed E-state index contributed by atoms with van der Waals surface area (Å²) in [6.45, 7) is 0.473. The first-order valence-electron chi connectivity index (χ1n) is 7.85. The normalized spacial score (nSPS) is 15.7. The number of nitro groups is 1. The summed E-state index contributed by atoms with van der Waals surface area (Å²) in [5.74, 6) is -0.932. The number of hydrogen-bond donors (Lipinski definition) is 0. The van der Waals surface area contributed by atoms with Gasteiger partial charge in [0.25, 0.3) is 0 Å². The summed E-state index contributed by atoms with van der Waals surface area (Å²) in [5, 5.41) is 11.5. The van der Waals surface area contributed by atoms with E-state index >= 15 is 0 Å². The third-order valence-corrected chi connectivity index (χ3v) is 6.85. The van der Waals surface area contributed by atoms with Crippen LogP contribution >= 0.6 is 23.2 Å². The Morgan fingerprint density at radius 3 is 2.37 bits per heavy atom. The van der Waals surface area contributed by atoms with Crippen molar-refractivity contribution >= 4 is 44.6 Å². The van der Waals surface area contributed by atoms with Crippen LogP contribution in [0.5, 0.6) is 0 Å². The van der Waals surface area contributed by atoms with Crippen LogP contribution in [0.2, 0.25) is 10.0 Å². The van der Waals surface area contributed by atoms with Crippen molar-refractivity contribution < 1.29 is 17.7 Å². The van der Waals surface area contributed by atoms with Gasteiger partial charge in [0.1, 0.15) is 10.6 Å². The van der Waals surface area contributed by atoms with Gasteiger partial charge in [0.2, 0.25) is 15.8 Å². The lowest BCUT2D eigenvalue weighted by Gasteiger charge is -2.35. The van der Waals surface area contributed by atoms with E-state index in [2.05, 4.69) is 0 Å². The van der Waals surface area contributed by atoms with E-state index in [1.165, 1.54) is 34.6 Å². The largest absolute Gasteiger partial charge is 0.363 e. The zero-order chi connectivity index (χ0) is 19.8. The molecule has 1 fully saturated rings. The fourth-order valence-corrected chi connectivity index (χ4v) is 5.08. The number of rotatable bonds is 4. The molecule has 1 saturated heterocycles. The van der Waals surface area contributed by atoms with E-state index in [1.807, 2.05) is 0 Å². The van der Waals surface area contributed by atoms with Crippen LogP contribution in [0.25, 0.3) is 0 Å². The predicted molar refractivity (Wildman–Crippen MR) is 100 cm³/mol. The molecule has 0 N–H and O–H groups in total. The Kier molecular flexibility index (Phi) is 5.57. The zero-order valence-electron chi connectivity index (χ0n) is 13.8. The number of nitrogens with zero attached hydrogens (tertiary/aromatic N) is 3. The van der Waals surface area contributed by atoms with Crippen LogP contribution in [0, 0.1) is 15.9 Å². The number of sulfonamides is 1. The average Bonchev–Trinajstić information content (AvgIpc) is 2.63. The van der Waals surface area contributed by atoms with Crippen molar-refractivity contribution in [1.29, 1.82) is 0 Å². The number of hydrogen-bond acceptors (Lipinski definition) is 5. The molecule has 0 atom stereocenters. The molecule has 144 valence electrons. The Bertz CT molecular complexity index is 995. The lowest BCUT2D eigenvalue weighted by Crippen LogP contribution is -2.48. The molecule has 2 aromatic rings. The Labute approximate surface area is 165 Å². The number of halogens is 3. The molecule has 0 saturated carbocycles. The SMILES string of the molecule is O=[N+]([O-])c1c(F)cccc1N1CCN(S(=O)(=O)c2cc(Cl)ccc2Cl)CC1. The summed E-state index contributed by atoms with van der Waals surface area (Å²) in [5.41, 5.74) is -0.496. The molecule has 0 spiro atoms. The zero-order valence-corrected chi connectivity index (χ0v) is 16.1. The lowest BCUT2D eigenvalue weighted by atomic mass is 10.2. The summed E-state index contributed by atoms with van der Waals surface area (Å²) < 4.78 is 40.7. The van der Waals surface area contributed by atoms with Gasteiger partial charge in [-0.3, -0.25) is 10.1 Å². The third kappa shape index (κ3) is 3.86. The topological polar surface area (TPSA) is 83.8 Å². The van der Waals surface area contributed by atoms with Gasteiger partial charge in [0.15, 0.2) is 0 Å². The minimum absolute atomic E-state index is 0.0580. The summed E-state index contributed by atoms with van der Waals surface area (Å²) >= 11 is 11.9. The number of para-hydroxylation sites is 1. The maximum Gasteiger partial charge on any atom is 0.327 e. The fraction of sp³-hybridized carbons (Fsp3) is 0.250. The molecular weight excluding hydrogens is 420 g/mol. The standard InChI is InChI=1S/C16H14Cl2FN3O4S/c17-11-4-5-12(18)15(10-11)27(25,26)21-8-6-20(7-9-21)14-3-1-2-13(19)16(14)22(23)24/h1-5,10H,6-9H2. The van der Waals surface area contributed by atoms with Gasteiger partial charge in [0, 0.05) is 31.2 Å². The van der Waals surface area contributed by atoms with Gasteiger partial charge in [-0.2, -0.15) is 8.70 Å². The molecule has 1 heterocycles. The molecule has 1 aliphatic rings. The minimum atomic E-state index is -3.87. The lowest BCUT2D eigenvalue weighted by molar-refractivity contribution is -0.386. The molecule has 7 nitrogen and oxygen atoms in total. The van der Waals surface area contributed by atoms with E-state index < -0.39 is 26.5 Å². The third-order valence-electron chi connectivity index (χ3n) is 4.24. The second-order valence-electron chi connectivity index (χ2n) is 5.83. The number of nitro benzene ring substituents is 1. The molecule has 0 amide bonds. The van der Waals surface area contributed by atoms with Gasteiger partial charge in [-0.05, 0) is 30.3 Å². The summed E-state index contributed by atoms with van der Waals surface area (Å²) in [6.07, 6.45) is 0. The minimum Gasteiger partial charge on any atom is -0.363 e. The molecule has 0 unspecified atom stereocenters. The first-order chi connectivity index (χ1) is 12.7. The van der Waals surface area contributed by atoms with Crippen LogP contribution in [0.1, 0.15) is 0 Å². The van der Waals surface area contributed by atoms with Crippen molar-refractivity contribution in [2.75, 3.05) is 31.1 Å². The smallest absolute Gasteiger partial charge is 0.327 e. The predicted octanol–water partition coefficient (Wildman–Crippen LogP) is 3.55. The van der Waals surface area contributed by atoms with E-state index in [0.29, 0.717) is 0 Å².